The molecule has 1 aliphatic carbocycles. The number of nitrogens with one attached hydrogen (secondary N) is 1. The van der Waals surface area contributed by atoms with E-state index < -0.39 is 17.7 Å². The Bertz CT molecular complexity index is 690. The summed E-state index contributed by atoms with van der Waals surface area (Å²) in [4.78, 5) is 26.2. The molecule has 1 saturated carbocycles. The molecule has 0 bridgehead atoms. The summed E-state index contributed by atoms with van der Waals surface area (Å²) in [6, 6.07) is 4.33. The molecule has 8 heteroatoms. The summed E-state index contributed by atoms with van der Waals surface area (Å²) in [6.07, 6.45) is 4.27. The van der Waals surface area contributed by atoms with E-state index in [1.165, 1.54) is 6.07 Å². The molecule has 1 heterocycles. The van der Waals surface area contributed by atoms with Gasteiger partial charge in [-0.25, -0.2) is 4.79 Å². The number of nitrogens with zero attached hydrogens (tertiary/aromatic N) is 1. The highest BCUT2D eigenvalue weighted by Gasteiger charge is 2.50. The van der Waals surface area contributed by atoms with Gasteiger partial charge < -0.3 is 15.2 Å². The third-order valence-corrected chi connectivity index (χ3v) is 5.45. The SMILES string of the molecule is O=C1NC2(CCCCCC2)C(=O)N1C[C@@H](O)COc1ccc(Cl)cc1Cl. The number of aliphatic hydroxyl groups is 1. The highest BCUT2D eigenvalue weighted by molar-refractivity contribution is 6.35. The van der Waals surface area contributed by atoms with Crippen LogP contribution in [0.1, 0.15) is 38.5 Å². The fourth-order valence-corrected chi connectivity index (χ4v) is 4.02. The summed E-state index contributed by atoms with van der Waals surface area (Å²) in [7, 11) is 0. The lowest BCUT2D eigenvalue weighted by molar-refractivity contribution is -0.132. The van der Waals surface area contributed by atoms with Crippen molar-refractivity contribution >= 4 is 35.1 Å². The Morgan fingerprint density at radius 1 is 1.19 bits per heavy atom. The van der Waals surface area contributed by atoms with E-state index in [9.17, 15) is 14.7 Å². The molecule has 1 aliphatic heterocycles. The van der Waals surface area contributed by atoms with E-state index in [0.29, 0.717) is 28.6 Å². The van der Waals surface area contributed by atoms with Crippen molar-refractivity contribution in [3.8, 4) is 5.75 Å². The van der Waals surface area contributed by atoms with Crippen molar-refractivity contribution < 1.29 is 19.4 Å². The minimum absolute atomic E-state index is 0.0919. The number of hydrogen-bond acceptors (Lipinski definition) is 4. The van der Waals surface area contributed by atoms with Crippen LogP contribution < -0.4 is 10.1 Å². The monoisotopic (exact) mass is 400 g/mol. The van der Waals surface area contributed by atoms with Crippen molar-refractivity contribution in [2.45, 2.75) is 50.2 Å². The van der Waals surface area contributed by atoms with Crippen LogP contribution in [0.5, 0.6) is 5.75 Å². The van der Waals surface area contributed by atoms with Crippen LogP contribution in [0.25, 0.3) is 0 Å². The topological polar surface area (TPSA) is 78.9 Å². The first-order valence-corrected chi connectivity index (χ1v) is 9.57. The number of urea groups is 1. The summed E-state index contributed by atoms with van der Waals surface area (Å²) in [5, 5.41) is 13.9. The van der Waals surface area contributed by atoms with Crippen molar-refractivity contribution in [1.82, 2.24) is 10.2 Å². The van der Waals surface area contributed by atoms with Gasteiger partial charge in [-0.3, -0.25) is 9.69 Å². The Kier molecular flexibility index (Phi) is 5.95. The Balaban J connectivity index is 1.59. The van der Waals surface area contributed by atoms with Gasteiger partial charge in [0.05, 0.1) is 11.6 Å². The van der Waals surface area contributed by atoms with E-state index in [4.69, 9.17) is 27.9 Å². The predicted octanol–water partition coefficient (Wildman–Crippen LogP) is 3.38. The average molecular weight is 401 g/mol. The van der Waals surface area contributed by atoms with Crippen LogP contribution in [0.3, 0.4) is 0 Å². The molecule has 2 fully saturated rings. The first-order chi connectivity index (χ1) is 12.4. The molecule has 2 N–H and O–H groups in total. The van der Waals surface area contributed by atoms with Gasteiger partial charge in [0.2, 0.25) is 0 Å². The second-order valence-corrected chi connectivity index (χ2v) is 7.73. The number of hydrogen-bond donors (Lipinski definition) is 2. The molecule has 1 spiro atoms. The third kappa shape index (κ3) is 4.08. The zero-order valence-electron chi connectivity index (χ0n) is 14.3. The maximum Gasteiger partial charge on any atom is 0.325 e. The Morgan fingerprint density at radius 2 is 1.88 bits per heavy atom. The van der Waals surface area contributed by atoms with E-state index in [2.05, 4.69) is 5.32 Å². The van der Waals surface area contributed by atoms with Crippen molar-refractivity contribution in [3.63, 3.8) is 0 Å². The lowest BCUT2D eigenvalue weighted by Gasteiger charge is -2.25. The number of benzene rings is 1. The fourth-order valence-electron chi connectivity index (χ4n) is 3.55. The highest BCUT2D eigenvalue weighted by Crippen LogP contribution is 2.33. The van der Waals surface area contributed by atoms with Crippen LogP contribution in [-0.2, 0) is 4.79 Å². The summed E-state index contributed by atoms with van der Waals surface area (Å²) >= 11 is 11.9. The van der Waals surface area contributed by atoms with Gasteiger partial charge in [-0.1, -0.05) is 48.9 Å². The van der Waals surface area contributed by atoms with Crippen molar-refractivity contribution in [3.05, 3.63) is 28.2 Å². The van der Waals surface area contributed by atoms with Crippen LogP contribution in [0.15, 0.2) is 18.2 Å². The van der Waals surface area contributed by atoms with Crippen LogP contribution in [0.4, 0.5) is 4.79 Å². The Hall–Kier alpha value is -1.50. The minimum atomic E-state index is -1.02. The Labute approximate surface area is 162 Å². The van der Waals surface area contributed by atoms with Crippen LogP contribution in [0.2, 0.25) is 10.0 Å². The van der Waals surface area contributed by atoms with E-state index in [1.807, 2.05) is 0 Å². The van der Waals surface area contributed by atoms with Crippen molar-refractivity contribution in [1.29, 1.82) is 0 Å². The maximum absolute atomic E-state index is 12.8. The van der Waals surface area contributed by atoms with Gasteiger partial charge in [0, 0.05) is 5.02 Å². The van der Waals surface area contributed by atoms with Crippen LogP contribution in [0, 0.1) is 0 Å². The van der Waals surface area contributed by atoms with Crippen LogP contribution >= 0.6 is 23.2 Å². The lowest BCUT2D eigenvalue weighted by atomic mass is 9.90. The van der Waals surface area contributed by atoms with E-state index in [0.717, 1.165) is 30.6 Å². The molecule has 0 unspecified atom stereocenters. The van der Waals surface area contributed by atoms with E-state index in [-0.39, 0.29) is 19.1 Å². The first-order valence-electron chi connectivity index (χ1n) is 8.81. The second kappa shape index (κ2) is 8.03. The quantitative estimate of drug-likeness (QED) is 0.742. The first kappa shape index (κ1) is 19.3. The van der Waals surface area contributed by atoms with E-state index >= 15 is 0 Å². The molecule has 1 atom stereocenters. The molecule has 26 heavy (non-hydrogen) atoms. The van der Waals surface area contributed by atoms with Crippen LogP contribution in [-0.4, -0.2) is 46.7 Å². The summed E-state index contributed by atoms with van der Waals surface area (Å²) in [6.45, 7) is -0.205. The van der Waals surface area contributed by atoms with Crippen molar-refractivity contribution in [2.24, 2.45) is 0 Å². The Morgan fingerprint density at radius 3 is 2.54 bits per heavy atom. The zero-order chi connectivity index (χ0) is 18.7. The maximum atomic E-state index is 12.8. The molecule has 142 valence electrons. The predicted molar refractivity (Wildman–Crippen MR) is 98.6 cm³/mol. The fraction of sp³-hybridized carbons (Fsp3) is 0.556. The third-order valence-electron chi connectivity index (χ3n) is 4.92. The highest BCUT2D eigenvalue weighted by atomic mass is 35.5. The molecule has 3 rings (SSSR count). The zero-order valence-corrected chi connectivity index (χ0v) is 15.9. The molecular formula is C18H22Cl2N2O4. The summed E-state index contributed by atoms with van der Waals surface area (Å²) in [5.74, 6) is 0.139. The van der Waals surface area contributed by atoms with E-state index in [1.54, 1.807) is 12.1 Å². The number of rotatable bonds is 5. The number of halogens is 2. The minimum Gasteiger partial charge on any atom is -0.489 e. The normalized spacial score (nSPS) is 20.8. The van der Waals surface area contributed by atoms with Gasteiger partial charge in [-0.15, -0.1) is 0 Å². The molecule has 6 nitrogen and oxygen atoms in total. The van der Waals surface area contributed by atoms with Gasteiger partial charge in [-0.2, -0.15) is 0 Å². The van der Waals surface area contributed by atoms with Gasteiger partial charge >= 0.3 is 6.03 Å². The molecule has 1 saturated heterocycles. The van der Waals surface area contributed by atoms with Crippen molar-refractivity contribution in [2.75, 3.05) is 13.2 Å². The number of amides is 3. The van der Waals surface area contributed by atoms with Gasteiger partial charge in [0.1, 0.15) is 24.0 Å². The number of carbonyl (C=O) groups excluding carboxylic acids is 2. The molecule has 1 aromatic carbocycles. The number of imide groups is 1. The number of aliphatic hydroxyl groups excluding tert-OH is 1. The average Bonchev–Trinajstić information content (AvgIpc) is 2.76. The standard InChI is InChI=1S/C18H22Cl2N2O4/c19-12-5-6-15(14(20)9-12)26-11-13(23)10-22-16(24)18(21-17(22)25)7-3-1-2-4-8-18/h5-6,9,13,23H,1-4,7-8,10-11H2,(H,21,25)/t13-/m1/s1. The van der Waals surface area contributed by atoms with Gasteiger partial charge in [0.15, 0.2) is 0 Å². The number of carbonyl (C=O) groups is 2. The second-order valence-electron chi connectivity index (χ2n) is 6.88. The van der Waals surface area contributed by atoms with Gasteiger partial charge in [-0.05, 0) is 31.0 Å². The number of β-amino-alcohol motifs (C(OH)–C–C–N with tert-alkyl or cyclic N) is 1. The summed E-state index contributed by atoms with van der Waals surface area (Å²) < 4.78 is 5.48. The molecular weight excluding hydrogens is 379 g/mol. The van der Waals surface area contributed by atoms with Gasteiger partial charge in [0.25, 0.3) is 5.91 Å². The number of ether oxygens (including phenoxy) is 1. The molecule has 0 radical (unpaired) electrons. The smallest absolute Gasteiger partial charge is 0.325 e. The lowest BCUT2D eigenvalue weighted by Crippen LogP contribution is -2.47. The largest absolute Gasteiger partial charge is 0.489 e. The summed E-state index contributed by atoms with van der Waals surface area (Å²) in [5.41, 5.74) is -0.798. The molecule has 0 aromatic heterocycles. The molecule has 1 aromatic rings. The molecule has 2 aliphatic rings. The molecule has 3 amide bonds.